The van der Waals surface area contributed by atoms with E-state index in [4.69, 9.17) is 15.0 Å². The first-order valence-electron chi connectivity index (χ1n) is 15.8. The third-order valence-corrected chi connectivity index (χ3v) is 10.5. The monoisotopic (exact) mass is 615 g/mol. The fraction of sp³-hybridized carbons (Fsp3) is 0. The van der Waals surface area contributed by atoms with E-state index in [0.29, 0.717) is 17.5 Å². The van der Waals surface area contributed by atoms with Crippen molar-refractivity contribution < 1.29 is 0 Å². The van der Waals surface area contributed by atoms with E-state index in [0.717, 1.165) is 38.2 Å². The van der Waals surface area contributed by atoms with Crippen LogP contribution in [0.2, 0.25) is 0 Å². The highest BCUT2D eigenvalue weighted by Crippen LogP contribution is 2.44. The maximum atomic E-state index is 5.25. The molecule has 8 aromatic carbocycles. The van der Waals surface area contributed by atoms with E-state index in [-0.39, 0.29) is 0 Å². The molecule has 0 saturated heterocycles. The SMILES string of the molecule is c1ccc2c(-c3nc(-c4cccc5ccccc45)nc(-c4cccc5c4sc4ccc6ccc7ccccc7c6c45)n3)cccc2c1. The Morgan fingerprint density at radius 3 is 1.43 bits per heavy atom. The Labute approximate surface area is 274 Å². The van der Waals surface area contributed by atoms with Crippen LogP contribution in [-0.2, 0) is 0 Å². The van der Waals surface area contributed by atoms with E-state index in [1.165, 1.54) is 41.7 Å². The van der Waals surface area contributed by atoms with Crippen LogP contribution in [0.1, 0.15) is 0 Å². The van der Waals surface area contributed by atoms with Crippen molar-refractivity contribution >= 4 is 74.6 Å². The zero-order valence-corrected chi connectivity index (χ0v) is 26.0. The van der Waals surface area contributed by atoms with Crippen LogP contribution >= 0.6 is 11.3 Å². The molecule has 0 aliphatic carbocycles. The largest absolute Gasteiger partial charge is 0.208 e. The second-order valence-electron chi connectivity index (χ2n) is 12.0. The fourth-order valence-corrected chi connectivity index (χ4v) is 8.36. The molecule has 2 heterocycles. The maximum Gasteiger partial charge on any atom is 0.165 e. The molecule has 0 amide bonds. The van der Waals surface area contributed by atoms with Crippen molar-refractivity contribution in [3.8, 4) is 34.2 Å². The Kier molecular flexibility index (Phi) is 5.74. The molecule has 10 aromatic rings. The zero-order chi connectivity index (χ0) is 30.9. The van der Waals surface area contributed by atoms with Gasteiger partial charge in [-0.1, -0.05) is 140 Å². The summed E-state index contributed by atoms with van der Waals surface area (Å²) in [6.07, 6.45) is 0. The Morgan fingerprint density at radius 2 is 0.766 bits per heavy atom. The van der Waals surface area contributed by atoms with Gasteiger partial charge in [-0.3, -0.25) is 0 Å². The van der Waals surface area contributed by atoms with Gasteiger partial charge in [0.2, 0.25) is 0 Å². The molecule has 0 bridgehead atoms. The van der Waals surface area contributed by atoms with Crippen LogP contribution in [0.15, 0.2) is 152 Å². The molecular formula is C43H25N3S. The minimum atomic E-state index is 0.671. The second-order valence-corrected chi connectivity index (χ2v) is 13.0. The highest BCUT2D eigenvalue weighted by Gasteiger charge is 2.19. The maximum absolute atomic E-state index is 5.25. The number of thiophene rings is 1. The standard InChI is InChI=1S/C43H25N3S/c1-4-15-30-26(10-1)13-7-18-33(30)41-44-42(34-19-8-14-27-11-2-5-16-31(27)34)46-43(45-41)36-21-9-20-35-39-37(47-40(35)36)25-24-29-23-22-28-12-3-6-17-32(28)38(29)39/h1-25H. The number of hydrogen-bond acceptors (Lipinski definition) is 4. The lowest BCUT2D eigenvalue weighted by Gasteiger charge is -2.12. The summed E-state index contributed by atoms with van der Waals surface area (Å²) in [6.45, 7) is 0. The third-order valence-electron chi connectivity index (χ3n) is 9.31. The van der Waals surface area contributed by atoms with Crippen LogP contribution in [0.25, 0.3) is 97.4 Å². The van der Waals surface area contributed by atoms with Gasteiger partial charge in [-0.05, 0) is 55.2 Å². The molecule has 0 N–H and O–H groups in total. The van der Waals surface area contributed by atoms with E-state index < -0.39 is 0 Å². The van der Waals surface area contributed by atoms with Gasteiger partial charge < -0.3 is 0 Å². The molecule has 0 fully saturated rings. The lowest BCUT2D eigenvalue weighted by atomic mass is 9.97. The minimum absolute atomic E-state index is 0.671. The van der Waals surface area contributed by atoms with E-state index in [1.807, 2.05) is 11.3 Å². The molecular weight excluding hydrogens is 591 g/mol. The average molecular weight is 616 g/mol. The fourth-order valence-electron chi connectivity index (χ4n) is 7.14. The van der Waals surface area contributed by atoms with Gasteiger partial charge in [0.15, 0.2) is 17.5 Å². The van der Waals surface area contributed by atoms with Crippen molar-refractivity contribution in [1.29, 1.82) is 0 Å². The molecule has 47 heavy (non-hydrogen) atoms. The van der Waals surface area contributed by atoms with Crippen LogP contribution in [0.5, 0.6) is 0 Å². The molecule has 2 aromatic heterocycles. The quantitative estimate of drug-likeness (QED) is 0.186. The molecule has 0 aliphatic heterocycles. The average Bonchev–Trinajstić information content (AvgIpc) is 3.53. The summed E-state index contributed by atoms with van der Waals surface area (Å²) >= 11 is 1.81. The smallest absolute Gasteiger partial charge is 0.165 e. The number of aromatic nitrogens is 3. The minimum Gasteiger partial charge on any atom is -0.208 e. The van der Waals surface area contributed by atoms with Gasteiger partial charge in [-0.25, -0.2) is 15.0 Å². The molecule has 3 nitrogen and oxygen atoms in total. The first-order chi connectivity index (χ1) is 23.3. The summed E-state index contributed by atoms with van der Waals surface area (Å²) in [5.41, 5.74) is 3.01. The van der Waals surface area contributed by atoms with Gasteiger partial charge in [0.05, 0.1) is 0 Å². The third kappa shape index (κ3) is 4.09. The van der Waals surface area contributed by atoms with E-state index >= 15 is 0 Å². The van der Waals surface area contributed by atoms with Gasteiger partial charge in [-0.15, -0.1) is 11.3 Å². The number of fused-ring (bicyclic) bond motifs is 9. The number of benzene rings is 8. The van der Waals surface area contributed by atoms with Crippen LogP contribution in [-0.4, -0.2) is 15.0 Å². The molecule has 0 spiro atoms. The van der Waals surface area contributed by atoms with Crippen LogP contribution in [0.3, 0.4) is 0 Å². The molecule has 10 rings (SSSR count). The van der Waals surface area contributed by atoms with Gasteiger partial charge in [0.25, 0.3) is 0 Å². The first kappa shape index (κ1) is 26.3. The van der Waals surface area contributed by atoms with E-state index in [1.54, 1.807) is 0 Å². The van der Waals surface area contributed by atoms with Gasteiger partial charge in [-0.2, -0.15) is 0 Å². The van der Waals surface area contributed by atoms with Gasteiger partial charge >= 0.3 is 0 Å². The molecule has 0 aliphatic rings. The highest BCUT2D eigenvalue weighted by atomic mass is 32.1. The van der Waals surface area contributed by atoms with Crippen molar-refractivity contribution in [2.75, 3.05) is 0 Å². The zero-order valence-electron chi connectivity index (χ0n) is 25.2. The predicted molar refractivity (Wildman–Crippen MR) is 199 cm³/mol. The lowest BCUT2D eigenvalue weighted by Crippen LogP contribution is -2.01. The van der Waals surface area contributed by atoms with E-state index in [9.17, 15) is 0 Å². The number of nitrogens with zero attached hydrogens (tertiary/aromatic N) is 3. The molecule has 0 atom stereocenters. The predicted octanol–water partition coefficient (Wildman–Crippen LogP) is 11.9. The Balaban J connectivity index is 1.29. The van der Waals surface area contributed by atoms with Gasteiger partial charge in [0, 0.05) is 36.9 Å². The molecule has 218 valence electrons. The first-order valence-corrected chi connectivity index (χ1v) is 16.6. The highest BCUT2D eigenvalue weighted by molar-refractivity contribution is 7.26. The summed E-state index contributed by atoms with van der Waals surface area (Å²) in [4.78, 5) is 15.7. The van der Waals surface area contributed by atoms with Crippen molar-refractivity contribution in [3.63, 3.8) is 0 Å². The summed E-state index contributed by atoms with van der Waals surface area (Å²) in [5.74, 6) is 2.02. The number of hydrogen-bond donors (Lipinski definition) is 0. The molecule has 4 heteroatoms. The van der Waals surface area contributed by atoms with E-state index in [2.05, 4.69) is 152 Å². The summed E-state index contributed by atoms with van der Waals surface area (Å²) < 4.78 is 2.44. The van der Waals surface area contributed by atoms with Crippen LogP contribution in [0.4, 0.5) is 0 Å². The van der Waals surface area contributed by atoms with Crippen molar-refractivity contribution in [2.45, 2.75) is 0 Å². The summed E-state index contributed by atoms with van der Waals surface area (Å²) in [6, 6.07) is 53.7. The summed E-state index contributed by atoms with van der Waals surface area (Å²) in [7, 11) is 0. The summed E-state index contributed by atoms with van der Waals surface area (Å²) in [5, 5.41) is 12.1. The number of rotatable bonds is 3. The Bertz CT molecular complexity index is 2760. The Morgan fingerprint density at radius 1 is 0.319 bits per heavy atom. The normalized spacial score (nSPS) is 11.8. The Hall–Kier alpha value is -5.97. The molecule has 0 saturated carbocycles. The van der Waals surface area contributed by atoms with Crippen LogP contribution < -0.4 is 0 Å². The topological polar surface area (TPSA) is 38.7 Å². The molecule has 0 radical (unpaired) electrons. The molecule has 0 unspecified atom stereocenters. The second kappa shape index (κ2) is 10.3. The van der Waals surface area contributed by atoms with Crippen LogP contribution in [0, 0.1) is 0 Å². The van der Waals surface area contributed by atoms with Gasteiger partial charge in [0.1, 0.15) is 0 Å². The van der Waals surface area contributed by atoms with Crippen molar-refractivity contribution in [1.82, 2.24) is 15.0 Å². The lowest BCUT2D eigenvalue weighted by molar-refractivity contribution is 1.08. The van der Waals surface area contributed by atoms with Crippen molar-refractivity contribution in [2.24, 2.45) is 0 Å². The van der Waals surface area contributed by atoms with Crippen molar-refractivity contribution in [3.05, 3.63) is 152 Å².